The minimum atomic E-state index is 0.251. The largest absolute Gasteiger partial charge is 0.491 e. The molecule has 1 aliphatic rings. The Morgan fingerprint density at radius 1 is 1.24 bits per heavy atom. The van der Waals surface area contributed by atoms with E-state index in [4.69, 9.17) is 20.0 Å². The Bertz CT molecular complexity index is 1060. The molecule has 2 aromatic heterocycles. The first-order valence-electron chi connectivity index (χ1n) is 9.48. The summed E-state index contributed by atoms with van der Waals surface area (Å²) >= 11 is 1.28. The maximum absolute atomic E-state index is 9.04. The molecule has 0 radical (unpaired) electrons. The maximum atomic E-state index is 9.04. The van der Waals surface area contributed by atoms with Crippen LogP contribution in [0.2, 0.25) is 0 Å². The normalized spacial score (nSPS) is 15.9. The van der Waals surface area contributed by atoms with Gasteiger partial charge < -0.3 is 15.0 Å². The van der Waals surface area contributed by atoms with Crippen molar-refractivity contribution in [1.82, 2.24) is 15.0 Å². The molecule has 29 heavy (non-hydrogen) atoms. The SMILES string of the molecule is COc1c(C)nc(N2CCC[C@H]2c2ccc(C)cc2)nc1Nc1ncc(C#N)s1. The molecular weight excluding hydrogens is 384 g/mol. The number of ether oxygens (including phenoxy) is 1. The second-order valence-corrected chi connectivity index (χ2v) is 8.05. The molecule has 1 saturated heterocycles. The number of hydrogen-bond donors (Lipinski definition) is 1. The molecule has 4 rings (SSSR count). The Morgan fingerprint density at radius 3 is 2.72 bits per heavy atom. The first kappa shape index (κ1) is 19.2. The summed E-state index contributed by atoms with van der Waals surface area (Å²) in [6.07, 6.45) is 3.70. The molecule has 0 unspecified atom stereocenters. The van der Waals surface area contributed by atoms with Crippen molar-refractivity contribution in [2.45, 2.75) is 32.7 Å². The van der Waals surface area contributed by atoms with E-state index in [-0.39, 0.29) is 6.04 Å². The van der Waals surface area contributed by atoms with E-state index < -0.39 is 0 Å². The molecule has 0 spiro atoms. The Kier molecular flexibility index (Phi) is 5.32. The Labute approximate surface area is 174 Å². The molecule has 3 heterocycles. The number of thiazole rings is 1. The monoisotopic (exact) mass is 406 g/mol. The van der Waals surface area contributed by atoms with Crippen LogP contribution in [0.1, 0.15) is 40.6 Å². The molecule has 3 aromatic rings. The van der Waals surface area contributed by atoms with Gasteiger partial charge in [-0.05, 0) is 32.3 Å². The van der Waals surface area contributed by atoms with Crippen LogP contribution >= 0.6 is 11.3 Å². The lowest BCUT2D eigenvalue weighted by atomic mass is 10.0. The van der Waals surface area contributed by atoms with Crippen LogP contribution in [-0.2, 0) is 0 Å². The highest BCUT2D eigenvalue weighted by Crippen LogP contribution is 2.38. The van der Waals surface area contributed by atoms with Gasteiger partial charge >= 0.3 is 0 Å². The number of benzene rings is 1. The molecule has 0 saturated carbocycles. The van der Waals surface area contributed by atoms with E-state index in [9.17, 15) is 0 Å². The zero-order valence-electron chi connectivity index (χ0n) is 16.6. The van der Waals surface area contributed by atoms with Gasteiger partial charge in [0.15, 0.2) is 16.7 Å². The zero-order chi connectivity index (χ0) is 20.4. The lowest BCUT2D eigenvalue weighted by molar-refractivity contribution is 0.409. The Balaban J connectivity index is 1.69. The van der Waals surface area contributed by atoms with E-state index in [1.165, 1.54) is 22.5 Å². The predicted molar refractivity (Wildman–Crippen MR) is 114 cm³/mol. The molecule has 0 amide bonds. The number of nitrogens with zero attached hydrogens (tertiary/aromatic N) is 5. The molecule has 0 aliphatic carbocycles. The molecule has 1 atom stereocenters. The average molecular weight is 407 g/mol. The molecule has 8 heteroatoms. The van der Waals surface area contributed by atoms with Gasteiger partial charge in [0, 0.05) is 6.54 Å². The fraction of sp³-hybridized carbons (Fsp3) is 0.333. The van der Waals surface area contributed by atoms with Crippen molar-refractivity contribution in [1.29, 1.82) is 5.26 Å². The molecule has 1 N–H and O–H groups in total. The number of hydrogen-bond acceptors (Lipinski definition) is 8. The maximum Gasteiger partial charge on any atom is 0.228 e. The van der Waals surface area contributed by atoms with Gasteiger partial charge in [0.05, 0.1) is 25.0 Å². The number of nitriles is 1. The smallest absolute Gasteiger partial charge is 0.228 e. The lowest BCUT2D eigenvalue weighted by Crippen LogP contribution is -2.25. The van der Waals surface area contributed by atoms with Crippen molar-refractivity contribution >= 4 is 28.2 Å². The van der Waals surface area contributed by atoms with Crippen LogP contribution in [0.4, 0.5) is 16.9 Å². The van der Waals surface area contributed by atoms with Gasteiger partial charge in [-0.3, -0.25) is 0 Å². The van der Waals surface area contributed by atoms with Gasteiger partial charge in [-0.15, -0.1) is 0 Å². The summed E-state index contributed by atoms with van der Waals surface area (Å²) in [6, 6.07) is 11.0. The van der Waals surface area contributed by atoms with Crippen LogP contribution in [0.25, 0.3) is 0 Å². The summed E-state index contributed by atoms with van der Waals surface area (Å²) in [7, 11) is 1.60. The van der Waals surface area contributed by atoms with E-state index in [1.54, 1.807) is 13.3 Å². The summed E-state index contributed by atoms with van der Waals surface area (Å²) in [5.41, 5.74) is 3.28. The van der Waals surface area contributed by atoms with Crippen molar-refractivity contribution < 1.29 is 4.74 Å². The van der Waals surface area contributed by atoms with Crippen LogP contribution < -0.4 is 15.0 Å². The average Bonchev–Trinajstić information content (AvgIpc) is 3.38. The van der Waals surface area contributed by atoms with E-state index in [1.807, 2.05) is 6.92 Å². The van der Waals surface area contributed by atoms with Crippen LogP contribution in [0.3, 0.4) is 0 Å². The van der Waals surface area contributed by atoms with Gasteiger partial charge in [-0.1, -0.05) is 41.2 Å². The number of nitrogens with one attached hydrogen (secondary N) is 1. The second-order valence-electron chi connectivity index (χ2n) is 7.02. The quantitative estimate of drug-likeness (QED) is 0.667. The number of rotatable bonds is 5. The van der Waals surface area contributed by atoms with Gasteiger partial charge in [-0.25, -0.2) is 9.97 Å². The third-order valence-corrected chi connectivity index (χ3v) is 5.86. The molecule has 1 fully saturated rings. The van der Waals surface area contributed by atoms with E-state index in [0.29, 0.717) is 27.5 Å². The van der Waals surface area contributed by atoms with Crippen LogP contribution in [0, 0.1) is 25.2 Å². The highest BCUT2D eigenvalue weighted by atomic mass is 32.1. The van der Waals surface area contributed by atoms with Crippen LogP contribution in [0.5, 0.6) is 5.75 Å². The summed E-state index contributed by atoms with van der Waals surface area (Å²) in [6.45, 7) is 4.91. The summed E-state index contributed by atoms with van der Waals surface area (Å²) in [5.74, 6) is 1.81. The molecule has 148 valence electrons. The van der Waals surface area contributed by atoms with Gasteiger partial charge in [0.25, 0.3) is 0 Å². The van der Waals surface area contributed by atoms with E-state index in [2.05, 4.69) is 52.5 Å². The third-order valence-electron chi connectivity index (χ3n) is 5.04. The third kappa shape index (κ3) is 3.87. The summed E-state index contributed by atoms with van der Waals surface area (Å²) in [5, 5.41) is 12.8. The molecular formula is C21H22N6OS. The summed E-state index contributed by atoms with van der Waals surface area (Å²) in [4.78, 5) is 16.5. The number of aromatic nitrogens is 3. The first-order chi connectivity index (χ1) is 14.1. The highest BCUT2D eigenvalue weighted by molar-refractivity contribution is 7.16. The van der Waals surface area contributed by atoms with Gasteiger partial charge in [0.1, 0.15) is 10.9 Å². The number of methoxy groups -OCH3 is 1. The summed E-state index contributed by atoms with van der Waals surface area (Å²) < 4.78 is 5.53. The van der Waals surface area contributed by atoms with Crippen molar-refractivity contribution in [2.24, 2.45) is 0 Å². The van der Waals surface area contributed by atoms with Gasteiger partial charge in [-0.2, -0.15) is 10.2 Å². The zero-order valence-corrected chi connectivity index (χ0v) is 17.5. The van der Waals surface area contributed by atoms with Gasteiger partial charge in [0.2, 0.25) is 5.95 Å². The number of aryl methyl sites for hydroxylation is 2. The van der Waals surface area contributed by atoms with E-state index >= 15 is 0 Å². The minimum Gasteiger partial charge on any atom is -0.491 e. The fourth-order valence-electron chi connectivity index (χ4n) is 3.63. The second kappa shape index (κ2) is 8.05. The predicted octanol–water partition coefficient (Wildman–Crippen LogP) is 4.52. The van der Waals surface area contributed by atoms with Crippen LogP contribution in [-0.4, -0.2) is 28.6 Å². The van der Waals surface area contributed by atoms with Crippen molar-refractivity contribution in [3.05, 3.63) is 52.2 Å². The first-order valence-corrected chi connectivity index (χ1v) is 10.3. The van der Waals surface area contributed by atoms with E-state index in [0.717, 1.165) is 25.1 Å². The molecule has 0 bridgehead atoms. The van der Waals surface area contributed by atoms with Crippen LogP contribution in [0.15, 0.2) is 30.5 Å². The Morgan fingerprint density at radius 2 is 2.03 bits per heavy atom. The molecule has 1 aliphatic heterocycles. The number of anilines is 3. The van der Waals surface area contributed by atoms with Crippen molar-refractivity contribution in [3.8, 4) is 11.8 Å². The highest BCUT2D eigenvalue weighted by Gasteiger charge is 2.29. The van der Waals surface area contributed by atoms with Crippen molar-refractivity contribution in [2.75, 3.05) is 23.9 Å². The van der Waals surface area contributed by atoms with Crippen molar-refractivity contribution in [3.63, 3.8) is 0 Å². The molecule has 7 nitrogen and oxygen atoms in total. The topological polar surface area (TPSA) is 87.0 Å². The molecule has 1 aromatic carbocycles. The minimum absolute atomic E-state index is 0.251. The fourth-order valence-corrected chi connectivity index (χ4v) is 4.24. The standard InChI is InChI=1S/C21H22N6OS/c1-13-6-8-15(9-7-13)17-5-4-10-27(17)20-24-14(2)18(28-3)19(25-20)26-21-23-12-16(11-22)29-21/h6-9,12,17H,4-5,10H2,1-3H3,(H,23,24,25,26)/t17-/m0/s1. The Hall–Kier alpha value is -3.18. The lowest BCUT2D eigenvalue weighted by Gasteiger charge is -2.26.